The Labute approximate surface area is 111 Å². The second kappa shape index (κ2) is 4.82. The summed E-state index contributed by atoms with van der Waals surface area (Å²) in [4.78, 5) is 13.7. The minimum Gasteiger partial charge on any atom is -0.352 e. The van der Waals surface area contributed by atoms with Gasteiger partial charge in [-0.2, -0.15) is 0 Å². The van der Waals surface area contributed by atoms with Gasteiger partial charge in [0.15, 0.2) is 0 Å². The first kappa shape index (κ1) is 11.9. The smallest absolute Gasteiger partial charge is 0.141 e. The normalized spacial score (nSPS) is 19.9. The van der Waals surface area contributed by atoms with Crippen molar-refractivity contribution in [2.24, 2.45) is 5.73 Å². The van der Waals surface area contributed by atoms with E-state index in [2.05, 4.69) is 27.9 Å². The van der Waals surface area contributed by atoms with Crippen LogP contribution in [-0.2, 0) is 6.42 Å². The molecule has 0 radical (unpaired) electrons. The molecule has 1 aliphatic heterocycles. The van der Waals surface area contributed by atoms with Crippen molar-refractivity contribution in [3.05, 3.63) is 17.3 Å². The highest BCUT2D eigenvalue weighted by atomic mass is 32.1. The Bertz CT molecular complexity index is 551. The fourth-order valence-corrected chi connectivity index (χ4v) is 3.59. The lowest BCUT2D eigenvalue weighted by Crippen LogP contribution is -2.36. The van der Waals surface area contributed by atoms with E-state index in [4.69, 9.17) is 5.73 Å². The molecule has 5 heteroatoms. The maximum Gasteiger partial charge on any atom is 0.141 e. The second-order valence-electron chi connectivity index (χ2n) is 4.71. The number of rotatable bonds is 3. The average Bonchev–Trinajstić information content (AvgIpc) is 3.03. The van der Waals surface area contributed by atoms with Crippen molar-refractivity contribution < 1.29 is 0 Å². The lowest BCUT2D eigenvalue weighted by Gasteiger charge is -2.24. The van der Waals surface area contributed by atoms with Crippen molar-refractivity contribution >= 4 is 27.4 Å². The Morgan fingerprint density at radius 3 is 3.17 bits per heavy atom. The van der Waals surface area contributed by atoms with Crippen molar-refractivity contribution in [1.82, 2.24) is 9.97 Å². The van der Waals surface area contributed by atoms with Crippen LogP contribution in [0.2, 0.25) is 0 Å². The quantitative estimate of drug-likeness (QED) is 0.921. The summed E-state index contributed by atoms with van der Waals surface area (Å²) in [6.45, 7) is 3.94. The molecule has 2 aromatic heterocycles. The van der Waals surface area contributed by atoms with E-state index in [1.54, 1.807) is 17.7 Å². The molecule has 1 aliphatic rings. The zero-order valence-electron chi connectivity index (χ0n) is 10.6. The lowest BCUT2D eigenvalue weighted by molar-refractivity contribution is 0.673. The molecule has 0 unspecified atom stereocenters. The van der Waals surface area contributed by atoms with Crippen LogP contribution < -0.4 is 10.6 Å². The molecule has 3 heterocycles. The van der Waals surface area contributed by atoms with Gasteiger partial charge >= 0.3 is 0 Å². The molecular weight excluding hydrogens is 244 g/mol. The number of thiophene rings is 1. The van der Waals surface area contributed by atoms with Crippen LogP contribution in [0, 0.1) is 0 Å². The summed E-state index contributed by atoms with van der Waals surface area (Å²) in [6.07, 6.45) is 5.12. The molecule has 1 saturated heterocycles. The molecule has 0 saturated carbocycles. The minimum absolute atomic E-state index is 0.438. The van der Waals surface area contributed by atoms with Gasteiger partial charge in [-0.3, -0.25) is 0 Å². The number of nitrogens with zero attached hydrogens (tertiary/aromatic N) is 3. The van der Waals surface area contributed by atoms with Gasteiger partial charge in [0.05, 0.1) is 5.39 Å². The predicted molar refractivity (Wildman–Crippen MR) is 76.2 cm³/mol. The first-order valence-electron chi connectivity index (χ1n) is 6.53. The van der Waals surface area contributed by atoms with Crippen LogP contribution in [0.5, 0.6) is 0 Å². The summed E-state index contributed by atoms with van der Waals surface area (Å²) < 4.78 is 0. The van der Waals surface area contributed by atoms with Crippen LogP contribution in [0.3, 0.4) is 0 Å². The molecule has 0 aromatic carbocycles. The Morgan fingerprint density at radius 2 is 2.39 bits per heavy atom. The molecule has 18 heavy (non-hydrogen) atoms. The third-order valence-electron chi connectivity index (χ3n) is 3.63. The Kier molecular flexibility index (Phi) is 3.18. The zero-order chi connectivity index (χ0) is 12.5. The highest BCUT2D eigenvalue weighted by Gasteiger charge is 2.26. The van der Waals surface area contributed by atoms with Gasteiger partial charge in [-0.1, -0.05) is 6.92 Å². The third-order valence-corrected chi connectivity index (χ3v) is 4.82. The van der Waals surface area contributed by atoms with Crippen LogP contribution in [0.1, 0.15) is 24.6 Å². The van der Waals surface area contributed by atoms with E-state index in [-0.39, 0.29) is 0 Å². The fourth-order valence-electron chi connectivity index (χ4n) is 2.66. The van der Waals surface area contributed by atoms with E-state index in [0.29, 0.717) is 12.6 Å². The van der Waals surface area contributed by atoms with Crippen LogP contribution in [0.25, 0.3) is 10.2 Å². The van der Waals surface area contributed by atoms with Crippen molar-refractivity contribution in [1.29, 1.82) is 0 Å². The average molecular weight is 262 g/mol. The van der Waals surface area contributed by atoms with Crippen molar-refractivity contribution in [2.75, 3.05) is 18.0 Å². The molecule has 2 aromatic rings. The van der Waals surface area contributed by atoms with Gasteiger partial charge in [0, 0.05) is 24.0 Å². The molecule has 1 fully saturated rings. The van der Waals surface area contributed by atoms with Crippen LogP contribution in [0.15, 0.2) is 12.4 Å². The largest absolute Gasteiger partial charge is 0.352 e. The first-order valence-corrected chi connectivity index (χ1v) is 7.35. The summed E-state index contributed by atoms with van der Waals surface area (Å²) >= 11 is 1.77. The Balaban J connectivity index is 2.07. The minimum atomic E-state index is 0.438. The Hall–Kier alpha value is -1.20. The Morgan fingerprint density at radius 1 is 1.50 bits per heavy atom. The molecule has 4 nitrogen and oxygen atoms in total. The van der Waals surface area contributed by atoms with E-state index in [9.17, 15) is 0 Å². The highest BCUT2D eigenvalue weighted by molar-refractivity contribution is 7.18. The molecule has 0 spiro atoms. The number of aryl methyl sites for hydroxylation is 1. The maximum atomic E-state index is 5.85. The molecule has 96 valence electrons. The first-order chi connectivity index (χ1) is 8.83. The van der Waals surface area contributed by atoms with E-state index in [0.717, 1.165) is 23.6 Å². The van der Waals surface area contributed by atoms with Crippen molar-refractivity contribution in [3.63, 3.8) is 0 Å². The van der Waals surface area contributed by atoms with E-state index in [1.807, 2.05) is 0 Å². The fraction of sp³-hybridized carbons (Fsp3) is 0.538. The third kappa shape index (κ3) is 1.87. The van der Waals surface area contributed by atoms with E-state index in [1.165, 1.54) is 23.1 Å². The monoisotopic (exact) mass is 262 g/mol. The van der Waals surface area contributed by atoms with Gasteiger partial charge < -0.3 is 10.6 Å². The van der Waals surface area contributed by atoms with Crippen molar-refractivity contribution in [2.45, 2.75) is 32.2 Å². The van der Waals surface area contributed by atoms with Gasteiger partial charge in [-0.05, 0) is 25.3 Å². The number of hydrogen-bond acceptors (Lipinski definition) is 5. The van der Waals surface area contributed by atoms with Gasteiger partial charge in [0.25, 0.3) is 0 Å². The molecule has 2 N–H and O–H groups in total. The highest BCUT2D eigenvalue weighted by Crippen LogP contribution is 2.33. The van der Waals surface area contributed by atoms with Crippen LogP contribution >= 0.6 is 11.3 Å². The van der Waals surface area contributed by atoms with Gasteiger partial charge in [0.1, 0.15) is 17.0 Å². The predicted octanol–water partition coefficient (Wildman–Crippen LogP) is 2.18. The molecule has 1 atom stereocenters. The van der Waals surface area contributed by atoms with Crippen molar-refractivity contribution in [3.8, 4) is 0 Å². The number of fused-ring (bicyclic) bond motifs is 1. The van der Waals surface area contributed by atoms with Gasteiger partial charge in [-0.15, -0.1) is 11.3 Å². The molecule has 0 aliphatic carbocycles. The summed E-state index contributed by atoms with van der Waals surface area (Å²) in [7, 11) is 0. The summed E-state index contributed by atoms with van der Waals surface area (Å²) in [5, 5.41) is 1.19. The number of aromatic nitrogens is 2. The SMILES string of the molecule is CCc1cc2c(N3CCC[C@@H]3CN)ncnc2s1. The summed E-state index contributed by atoms with van der Waals surface area (Å²) in [5.74, 6) is 1.07. The maximum absolute atomic E-state index is 5.85. The second-order valence-corrected chi connectivity index (χ2v) is 5.82. The lowest BCUT2D eigenvalue weighted by atomic mass is 10.2. The van der Waals surface area contributed by atoms with E-state index >= 15 is 0 Å². The molecular formula is C13H18N4S. The molecule has 0 bridgehead atoms. The van der Waals surface area contributed by atoms with Crippen LogP contribution in [-0.4, -0.2) is 29.1 Å². The number of hydrogen-bond donors (Lipinski definition) is 1. The molecule has 0 amide bonds. The summed E-state index contributed by atoms with van der Waals surface area (Å²) in [5.41, 5.74) is 5.85. The van der Waals surface area contributed by atoms with Gasteiger partial charge in [0.2, 0.25) is 0 Å². The standard InChI is InChI=1S/C13H18N4S/c1-2-10-6-11-12(15-8-16-13(11)18-10)17-5-3-4-9(17)7-14/h6,8-9H,2-5,7,14H2,1H3/t9-/m1/s1. The van der Waals surface area contributed by atoms with Crippen LogP contribution in [0.4, 0.5) is 5.82 Å². The zero-order valence-corrected chi connectivity index (χ0v) is 11.4. The van der Waals surface area contributed by atoms with Gasteiger partial charge in [-0.25, -0.2) is 9.97 Å². The number of anilines is 1. The topological polar surface area (TPSA) is 55.0 Å². The summed E-state index contributed by atoms with van der Waals surface area (Å²) in [6, 6.07) is 2.68. The molecule has 3 rings (SSSR count). The van der Waals surface area contributed by atoms with E-state index < -0.39 is 0 Å². The number of nitrogens with two attached hydrogens (primary N) is 1.